The van der Waals surface area contributed by atoms with Crippen LogP contribution in [0, 0.1) is 0 Å². The molecule has 0 fully saturated rings. The lowest BCUT2D eigenvalue weighted by atomic mass is 9.67. The molecule has 0 unspecified atom stereocenters. The maximum atomic E-state index is 2.51. The van der Waals surface area contributed by atoms with Crippen LogP contribution < -0.4 is 0 Å². The highest BCUT2D eigenvalue weighted by molar-refractivity contribution is 6.21. The minimum atomic E-state index is -0.0860. The summed E-state index contributed by atoms with van der Waals surface area (Å²) in [6.45, 7) is 9.72. The quantitative estimate of drug-likeness (QED) is 0.214. The van der Waals surface area contributed by atoms with E-state index in [0.717, 1.165) is 0 Å². The average molecular weight is 461 g/mol. The van der Waals surface area contributed by atoms with E-state index >= 15 is 0 Å². The van der Waals surface area contributed by atoms with Crippen LogP contribution in [0.5, 0.6) is 0 Å². The van der Waals surface area contributed by atoms with E-state index in [1.807, 2.05) is 0 Å². The Morgan fingerprint density at radius 1 is 0.472 bits per heavy atom. The minimum absolute atomic E-state index is 0.0820. The molecule has 0 saturated carbocycles. The van der Waals surface area contributed by atoms with Crippen LogP contribution in [0.1, 0.15) is 49.9 Å². The van der Waals surface area contributed by atoms with Crippen molar-refractivity contribution in [2.45, 2.75) is 38.5 Å². The van der Waals surface area contributed by atoms with Crippen molar-refractivity contribution in [2.75, 3.05) is 0 Å². The third-order valence-electron chi connectivity index (χ3n) is 9.19. The molecule has 36 heavy (non-hydrogen) atoms. The third kappa shape index (κ3) is 2.26. The zero-order chi connectivity index (χ0) is 24.4. The van der Waals surface area contributed by atoms with Crippen molar-refractivity contribution in [3.63, 3.8) is 0 Å². The van der Waals surface area contributed by atoms with Gasteiger partial charge in [-0.2, -0.15) is 0 Å². The Morgan fingerprint density at radius 3 is 1.89 bits per heavy atom. The molecule has 0 spiro atoms. The molecule has 2 aliphatic carbocycles. The zero-order valence-corrected chi connectivity index (χ0v) is 21.2. The van der Waals surface area contributed by atoms with Crippen LogP contribution in [-0.2, 0) is 10.8 Å². The normalized spacial score (nSPS) is 16.2. The van der Waals surface area contributed by atoms with Crippen LogP contribution in [0.4, 0.5) is 0 Å². The largest absolute Gasteiger partial charge is 0.0616 e. The Bertz CT molecular complexity index is 1930. The molecule has 0 heterocycles. The summed E-state index contributed by atoms with van der Waals surface area (Å²) in [7, 11) is 0. The van der Waals surface area contributed by atoms with Gasteiger partial charge >= 0.3 is 0 Å². The lowest BCUT2D eigenvalue weighted by molar-refractivity contribution is 0.640. The Kier molecular flexibility index (Phi) is 3.64. The highest BCUT2D eigenvalue weighted by atomic mass is 14.5. The molecule has 0 heteroatoms. The van der Waals surface area contributed by atoms with Crippen LogP contribution in [0.3, 0.4) is 0 Å². The molecule has 0 radical (unpaired) electrons. The van der Waals surface area contributed by atoms with Crippen LogP contribution in [0.15, 0.2) is 97.1 Å². The smallest absolute Gasteiger partial charge is 0.0165 e. The molecule has 0 atom stereocenters. The van der Waals surface area contributed by atoms with E-state index < -0.39 is 0 Å². The first-order valence-corrected chi connectivity index (χ1v) is 13.0. The highest BCUT2D eigenvalue weighted by Crippen LogP contribution is 2.62. The number of hydrogen-bond donors (Lipinski definition) is 0. The predicted octanol–water partition coefficient (Wildman–Crippen LogP) is 9.76. The van der Waals surface area contributed by atoms with E-state index in [2.05, 4.69) is 125 Å². The molecule has 0 bridgehead atoms. The maximum Gasteiger partial charge on any atom is 0.0165 e. The SMILES string of the molecule is CC1(C)c2cc(-c3cccc4ccccc34)cc3c2-c2c1c1ccccc1c1cccc(c21)C3(C)C. The fraction of sp³-hybridized carbons (Fsp3) is 0.167. The van der Waals surface area contributed by atoms with Gasteiger partial charge in [-0.1, -0.05) is 113 Å². The predicted molar refractivity (Wildman–Crippen MR) is 154 cm³/mol. The molecule has 0 N–H and O–H groups in total. The fourth-order valence-electron chi connectivity index (χ4n) is 7.47. The Morgan fingerprint density at radius 2 is 1.08 bits per heavy atom. The molecule has 0 saturated heterocycles. The van der Waals surface area contributed by atoms with E-state index in [1.54, 1.807) is 0 Å². The van der Waals surface area contributed by atoms with E-state index in [0.29, 0.717) is 0 Å². The summed E-state index contributed by atoms with van der Waals surface area (Å²) in [4.78, 5) is 0. The molecule has 2 aliphatic rings. The van der Waals surface area contributed by atoms with Crippen molar-refractivity contribution in [2.24, 2.45) is 0 Å². The topological polar surface area (TPSA) is 0 Å². The zero-order valence-electron chi connectivity index (χ0n) is 21.2. The van der Waals surface area contributed by atoms with Crippen LogP contribution in [0.2, 0.25) is 0 Å². The number of benzene rings is 6. The number of fused-ring (bicyclic) bond motifs is 4. The standard InChI is InChI=1S/C36H28/c1-35(2)28-18-10-17-26-25-14-7-8-15-27(25)34-33(31(26)28)32-29(35)19-22(20-30(32)36(34,3)4)24-16-9-12-21-11-5-6-13-23(21)24/h5-20H,1-4H3. The van der Waals surface area contributed by atoms with Gasteiger partial charge in [-0.05, 0) is 89.0 Å². The lowest BCUT2D eigenvalue weighted by Crippen LogP contribution is -2.24. The maximum absolute atomic E-state index is 2.51. The second-order valence-corrected chi connectivity index (χ2v) is 11.7. The van der Waals surface area contributed by atoms with Crippen molar-refractivity contribution in [1.82, 2.24) is 0 Å². The lowest BCUT2D eigenvalue weighted by Gasteiger charge is -2.35. The first-order chi connectivity index (χ1) is 17.4. The van der Waals surface area contributed by atoms with Gasteiger partial charge < -0.3 is 0 Å². The summed E-state index contributed by atoms with van der Waals surface area (Å²) in [5, 5.41) is 8.25. The molecule has 6 aromatic carbocycles. The number of rotatable bonds is 1. The van der Waals surface area contributed by atoms with Crippen LogP contribution in [0.25, 0.3) is 54.6 Å². The second kappa shape index (κ2) is 6.45. The Balaban J connectivity index is 1.59. The van der Waals surface area contributed by atoms with Gasteiger partial charge in [-0.25, -0.2) is 0 Å². The molecule has 6 aromatic rings. The van der Waals surface area contributed by atoms with Crippen molar-refractivity contribution in [3.8, 4) is 22.3 Å². The van der Waals surface area contributed by atoms with Crippen molar-refractivity contribution < 1.29 is 0 Å². The van der Waals surface area contributed by atoms with Gasteiger partial charge in [0.15, 0.2) is 0 Å². The monoisotopic (exact) mass is 460 g/mol. The van der Waals surface area contributed by atoms with Gasteiger partial charge in [0.05, 0.1) is 0 Å². The molecule has 0 amide bonds. The highest BCUT2D eigenvalue weighted by Gasteiger charge is 2.46. The molecular weight excluding hydrogens is 432 g/mol. The summed E-state index contributed by atoms with van der Waals surface area (Å²) in [6.07, 6.45) is 0. The van der Waals surface area contributed by atoms with E-state index in [-0.39, 0.29) is 10.8 Å². The van der Waals surface area contributed by atoms with Gasteiger partial charge in [-0.3, -0.25) is 0 Å². The summed E-state index contributed by atoms with van der Waals surface area (Å²) in [5.74, 6) is 0. The summed E-state index contributed by atoms with van der Waals surface area (Å²) < 4.78 is 0. The molecule has 0 nitrogen and oxygen atoms in total. The third-order valence-corrected chi connectivity index (χ3v) is 9.19. The van der Waals surface area contributed by atoms with Crippen molar-refractivity contribution in [3.05, 3.63) is 119 Å². The number of hydrogen-bond acceptors (Lipinski definition) is 0. The average Bonchev–Trinajstić information content (AvgIpc) is 3.14. The fourth-order valence-corrected chi connectivity index (χ4v) is 7.47. The molecule has 0 aliphatic heterocycles. The Hall–Kier alpha value is -3.90. The summed E-state index contributed by atoms with van der Waals surface area (Å²) in [6, 6.07) is 36.5. The van der Waals surface area contributed by atoms with E-state index in [4.69, 9.17) is 0 Å². The van der Waals surface area contributed by atoms with Crippen molar-refractivity contribution in [1.29, 1.82) is 0 Å². The minimum Gasteiger partial charge on any atom is -0.0616 e. The molecular formula is C36H28. The molecule has 0 aromatic heterocycles. The van der Waals surface area contributed by atoms with Crippen LogP contribution >= 0.6 is 0 Å². The summed E-state index contributed by atoms with van der Waals surface area (Å²) in [5.41, 5.74) is 11.3. The van der Waals surface area contributed by atoms with Crippen LogP contribution in [-0.4, -0.2) is 0 Å². The molecule has 172 valence electrons. The molecule has 8 rings (SSSR count). The van der Waals surface area contributed by atoms with Crippen molar-refractivity contribution >= 4 is 32.3 Å². The van der Waals surface area contributed by atoms with Gasteiger partial charge in [0, 0.05) is 10.8 Å². The van der Waals surface area contributed by atoms with Gasteiger partial charge in [0.25, 0.3) is 0 Å². The second-order valence-electron chi connectivity index (χ2n) is 11.7. The van der Waals surface area contributed by atoms with E-state index in [9.17, 15) is 0 Å². The summed E-state index contributed by atoms with van der Waals surface area (Å²) >= 11 is 0. The van der Waals surface area contributed by atoms with Gasteiger partial charge in [-0.15, -0.1) is 0 Å². The van der Waals surface area contributed by atoms with Gasteiger partial charge in [0.1, 0.15) is 0 Å². The van der Waals surface area contributed by atoms with E-state index in [1.165, 1.54) is 76.8 Å². The Labute approximate surface area is 212 Å². The first-order valence-electron chi connectivity index (χ1n) is 13.0. The van der Waals surface area contributed by atoms with Gasteiger partial charge in [0.2, 0.25) is 0 Å². The first kappa shape index (κ1) is 20.3.